The molecule has 1 N–H and O–H groups in total. The van der Waals surface area contributed by atoms with E-state index in [1.54, 1.807) is 6.07 Å². The Hall–Kier alpha value is -0.320. The normalized spacial score (nSPS) is 11.2. The molecule has 0 radical (unpaired) electrons. The van der Waals surface area contributed by atoms with Crippen LogP contribution in [0.3, 0.4) is 0 Å². The zero-order valence-corrected chi connectivity index (χ0v) is 12.2. The standard InChI is InChI=1S/C13H19Cl2NO2/c1-3-17-13(18-4-2)9-16-8-10-5-6-11(14)12(15)7-10/h5-7,13,16H,3-4,8-9H2,1-2H3. The van der Waals surface area contributed by atoms with Crippen LogP contribution in [0, 0.1) is 0 Å². The van der Waals surface area contributed by atoms with Crippen LogP contribution in [0.2, 0.25) is 10.0 Å². The number of rotatable bonds is 8. The second kappa shape index (κ2) is 8.73. The molecule has 0 aliphatic rings. The van der Waals surface area contributed by atoms with E-state index in [0.717, 1.165) is 5.56 Å². The summed E-state index contributed by atoms with van der Waals surface area (Å²) in [5.41, 5.74) is 1.08. The minimum absolute atomic E-state index is 0.206. The van der Waals surface area contributed by atoms with Gasteiger partial charge in [0.2, 0.25) is 0 Å². The van der Waals surface area contributed by atoms with Crippen LogP contribution in [0.15, 0.2) is 18.2 Å². The zero-order valence-electron chi connectivity index (χ0n) is 10.7. The maximum atomic E-state index is 5.95. The topological polar surface area (TPSA) is 30.5 Å². The van der Waals surface area contributed by atoms with Crippen LogP contribution in [-0.4, -0.2) is 26.0 Å². The largest absolute Gasteiger partial charge is 0.352 e. The van der Waals surface area contributed by atoms with E-state index in [9.17, 15) is 0 Å². The summed E-state index contributed by atoms with van der Waals surface area (Å²) in [6, 6.07) is 5.59. The molecule has 0 unspecified atom stereocenters. The van der Waals surface area contributed by atoms with E-state index in [-0.39, 0.29) is 6.29 Å². The lowest BCUT2D eigenvalue weighted by atomic mass is 10.2. The van der Waals surface area contributed by atoms with Crippen molar-refractivity contribution >= 4 is 23.2 Å². The lowest BCUT2D eigenvalue weighted by Crippen LogP contribution is -2.31. The third-order valence-electron chi connectivity index (χ3n) is 2.33. The third kappa shape index (κ3) is 5.55. The van der Waals surface area contributed by atoms with Crippen molar-refractivity contribution in [3.8, 4) is 0 Å². The molecule has 0 atom stereocenters. The van der Waals surface area contributed by atoms with Gasteiger partial charge in [0.05, 0.1) is 10.0 Å². The average Bonchev–Trinajstić information content (AvgIpc) is 2.34. The van der Waals surface area contributed by atoms with Crippen molar-refractivity contribution in [1.82, 2.24) is 5.32 Å². The van der Waals surface area contributed by atoms with Gasteiger partial charge in [-0.2, -0.15) is 0 Å². The van der Waals surface area contributed by atoms with Crippen LogP contribution >= 0.6 is 23.2 Å². The van der Waals surface area contributed by atoms with Crippen molar-refractivity contribution in [1.29, 1.82) is 0 Å². The third-order valence-corrected chi connectivity index (χ3v) is 3.07. The molecule has 102 valence electrons. The van der Waals surface area contributed by atoms with Crippen LogP contribution in [0.4, 0.5) is 0 Å². The van der Waals surface area contributed by atoms with Crippen LogP contribution in [0.1, 0.15) is 19.4 Å². The first-order valence-electron chi connectivity index (χ1n) is 6.05. The van der Waals surface area contributed by atoms with E-state index >= 15 is 0 Å². The molecule has 1 aromatic carbocycles. The van der Waals surface area contributed by atoms with Crippen molar-refractivity contribution in [3.05, 3.63) is 33.8 Å². The van der Waals surface area contributed by atoms with Gasteiger partial charge in [0, 0.05) is 26.3 Å². The van der Waals surface area contributed by atoms with Gasteiger partial charge in [-0.15, -0.1) is 0 Å². The highest BCUT2D eigenvalue weighted by Gasteiger charge is 2.07. The summed E-state index contributed by atoms with van der Waals surface area (Å²) in [4.78, 5) is 0. The van der Waals surface area contributed by atoms with Gasteiger partial charge in [-0.05, 0) is 31.5 Å². The molecule has 18 heavy (non-hydrogen) atoms. The first-order valence-corrected chi connectivity index (χ1v) is 6.80. The van der Waals surface area contributed by atoms with E-state index in [0.29, 0.717) is 36.3 Å². The Balaban J connectivity index is 2.37. The van der Waals surface area contributed by atoms with Crippen molar-refractivity contribution in [2.75, 3.05) is 19.8 Å². The van der Waals surface area contributed by atoms with E-state index in [1.807, 2.05) is 26.0 Å². The van der Waals surface area contributed by atoms with Crippen molar-refractivity contribution in [2.24, 2.45) is 0 Å². The second-order valence-corrected chi connectivity index (χ2v) is 4.53. The van der Waals surface area contributed by atoms with E-state index in [2.05, 4.69) is 5.32 Å². The fourth-order valence-corrected chi connectivity index (χ4v) is 1.84. The molecule has 1 rings (SSSR count). The smallest absolute Gasteiger partial charge is 0.169 e. The van der Waals surface area contributed by atoms with Crippen molar-refractivity contribution in [2.45, 2.75) is 26.7 Å². The number of ether oxygens (including phenoxy) is 2. The summed E-state index contributed by atoms with van der Waals surface area (Å²) in [5.74, 6) is 0. The van der Waals surface area contributed by atoms with Crippen LogP contribution in [-0.2, 0) is 16.0 Å². The highest BCUT2D eigenvalue weighted by atomic mass is 35.5. The molecule has 0 saturated carbocycles. The number of halogens is 2. The first kappa shape index (κ1) is 15.7. The Bertz CT molecular complexity index is 355. The molecule has 3 nitrogen and oxygen atoms in total. The molecule has 1 aromatic rings. The van der Waals surface area contributed by atoms with Gasteiger partial charge >= 0.3 is 0 Å². The Labute approximate surface area is 118 Å². The van der Waals surface area contributed by atoms with Crippen molar-refractivity contribution in [3.63, 3.8) is 0 Å². The van der Waals surface area contributed by atoms with Gasteiger partial charge in [-0.25, -0.2) is 0 Å². The summed E-state index contributed by atoms with van der Waals surface area (Å²) in [6.07, 6.45) is -0.206. The summed E-state index contributed by atoms with van der Waals surface area (Å²) in [7, 11) is 0. The zero-order chi connectivity index (χ0) is 13.4. The molecule has 0 aliphatic heterocycles. The predicted octanol–water partition coefficient (Wildman–Crippen LogP) is 3.48. The van der Waals surface area contributed by atoms with Gasteiger partial charge in [-0.3, -0.25) is 0 Å². The van der Waals surface area contributed by atoms with Crippen LogP contribution in [0.25, 0.3) is 0 Å². The molecule has 0 bridgehead atoms. The fraction of sp³-hybridized carbons (Fsp3) is 0.538. The van der Waals surface area contributed by atoms with Crippen LogP contribution < -0.4 is 5.32 Å². The lowest BCUT2D eigenvalue weighted by molar-refractivity contribution is -0.133. The summed E-state index contributed by atoms with van der Waals surface area (Å²) in [5, 5.41) is 4.41. The molecule has 5 heteroatoms. The quantitative estimate of drug-likeness (QED) is 0.744. The molecule has 0 aliphatic carbocycles. The van der Waals surface area contributed by atoms with Crippen molar-refractivity contribution < 1.29 is 9.47 Å². The van der Waals surface area contributed by atoms with Gasteiger partial charge in [0.15, 0.2) is 6.29 Å². The average molecular weight is 292 g/mol. The number of nitrogens with one attached hydrogen (secondary N) is 1. The molecule has 0 spiro atoms. The highest BCUT2D eigenvalue weighted by Crippen LogP contribution is 2.22. The summed E-state index contributed by atoms with van der Waals surface area (Å²) < 4.78 is 10.9. The number of hydrogen-bond donors (Lipinski definition) is 1. The maximum absolute atomic E-state index is 5.95. The Morgan fingerprint density at radius 3 is 2.33 bits per heavy atom. The Morgan fingerprint density at radius 2 is 1.78 bits per heavy atom. The molecule has 0 aromatic heterocycles. The molecule has 0 heterocycles. The van der Waals surface area contributed by atoms with E-state index < -0.39 is 0 Å². The van der Waals surface area contributed by atoms with E-state index in [4.69, 9.17) is 32.7 Å². The monoisotopic (exact) mass is 291 g/mol. The summed E-state index contributed by atoms with van der Waals surface area (Å²) in [6.45, 7) is 6.52. The maximum Gasteiger partial charge on any atom is 0.169 e. The first-order chi connectivity index (χ1) is 8.67. The molecule has 0 amide bonds. The minimum Gasteiger partial charge on any atom is -0.352 e. The Kier molecular flexibility index (Phi) is 7.63. The van der Waals surface area contributed by atoms with Gasteiger partial charge < -0.3 is 14.8 Å². The highest BCUT2D eigenvalue weighted by molar-refractivity contribution is 6.42. The number of benzene rings is 1. The fourth-order valence-electron chi connectivity index (χ4n) is 1.52. The van der Waals surface area contributed by atoms with E-state index in [1.165, 1.54) is 0 Å². The predicted molar refractivity (Wildman–Crippen MR) is 75.2 cm³/mol. The molecule has 0 fully saturated rings. The molecular weight excluding hydrogens is 273 g/mol. The van der Waals surface area contributed by atoms with Gasteiger partial charge in [0.1, 0.15) is 0 Å². The summed E-state index contributed by atoms with van der Waals surface area (Å²) >= 11 is 11.8. The van der Waals surface area contributed by atoms with Gasteiger partial charge in [0.25, 0.3) is 0 Å². The molecular formula is C13H19Cl2NO2. The second-order valence-electron chi connectivity index (χ2n) is 3.72. The minimum atomic E-state index is -0.206. The molecule has 0 saturated heterocycles. The SMILES string of the molecule is CCOC(CNCc1ccc(Cl)c(Cl)c1)OCC. The Morgan fingerprint density at radius 1 is 1.11 bits per heavy atom. The number of hydrogen-bond acceptors (Lipinski definition) is 3. The van der Waals surface area contributed by atoms with Crippen LogP contribution in [0.5, 0.6) is 0 Å². The lowest BCUT2D eigenvalue weighted by Gasteiger charge is -2.17. The van der Waals surface area contributed by atoms with Gasteiger partial charge in [-0.1, -0.05) is 29.3 Å².